The predicted molar refractivity (Wildman–Crippen MR) is 171 cm³/mol. The van der Waals surface area contributed by atoms with Crippen molar-refractivity contribution >= 4 is 35.4 Å². The van der Waals surface area contributed by atoms with Crippen LogP contribution in [0.1, 0.15) is 71.6 Å². The van der Waals surface area contributed by atoms with Crippen molar-refractivity contribution in [2.75, 3.05) is 26.3 Å². The highest BCUT2D eigenvalue weighted by molar-refractivity contribution is 6.01. The fourth-order valence-corrected chi connectivity index (χ4v) is 5.65. The highest BCUT2D eigenvalue weighted by atomic mass is 16.7. The Kier molecular flexibility index (Phi) is 17.4. The van der Waals surface area contributed by atoms with E-state index in [-0.39, 0.29) is 89.9 Å². The second kappa shape index (κ2) is 20.9. The second-order valence-electron chi connectivity index (χ2n) is 13.0. The number of hydrogen-bond acceptors (Lipinski definition) is 17. The van der Waals surface area contributed by atoms with Crippen LogP contribution in [-0.4, -0.2) is 159 Å². The lowest BCUT2D eigenvalue weighted by Crippen LogP contribution is -2.57. The molecular weight excluding hydrogens is 698 g/mol. The summed E-state index contributed by atoms with van der Waals surface area (Å²) >= 11 is 0. The molecule has 20 heteroatoms. The summed E-state index contributed by atoms with van der Waals surface area (Å²) in [5.41, 5.74) is 0. The van der Waals surface area contributed by atoms with Crippen LogP contribution in [0.25, 0.3) is 0 Å². The Labute approximate surface area is 299 Å². The number of ether oxygens (including phenoxy) is 4. The molecule has 0 unspecified atom stereocenters. The van der Waals surface area contributed by atoms with Gasteiger partial charge in [0.15, 0.2) is 12.6 Å². The second-order valence-corrected chi connectivity index (χ2v) is 13.0. The summed E-state index contributed by atoms with van der Waals surface area (Å²) in [4.78, 5) is 78.6. The van der Waals surface area contributed by atoms with Gasteiger partial charge in [-0.25, -0.2) is 4.79 Å². The van der Waals surface area contributed by atoms with Gasteiger partial charge >= 0.3 is 5.97 Å². The van der Waals surface area contributed by atoms with Crippen LogP contribution >= 0.6 is 0 Å². The van der Waals surface area contributed by atoms with Gasteiger partial charge in [0.2, 0.25) is 11.8 Å². The standard InChI is InChI=1S/C32H51N3O17/c1-16-24(41)26(43)28(45)31(50-16)48-13-11-33-20(37)8-7-18(30(47)34-12-14-49-32-29(46)27(44)25(42)17(2)51-32)15-19(36)5-3-4-6-23(40)52-35-21(38)9-10-22(35)39/h16-18,24-29,31-32,41-46H,3-15H2,1-2H3,(H,33,37)(H,34,47)/t16-,17-,18+,24+,25+,26+,27+,28-,29-,31+,32+/m0/s1. The molecule has 0 aromatic heterocycles. The number of aliphatic hydroxyl groups is 6. The van der Waals surface area contributed by atoms with E-state index in [0.717, 1.165) is 0 Å². The molecule has 0 aromatic rings. The molecule has 3 aliphatic heterocycles. The number of nitrogens with one attached hydrogen (secondary N) is 2. The summed E-state index contributed by atoms with van der Waals surface area (Å²) in [7, 11) is 0. The van der Waals surface area contributed by atoms with Crippen LogP contribution in [0.2, 0.25) is 0 Å². The highest BCUT2D eigenvalue weighted by Gasteiger charge is 2.43. The maximum absolute atomic E-state index is 13.1. The Morgan fingerprint density at radius 1 is 0.731 bits per heavy atom. The summed E-state index contributed by atoms with van der Waals surface area (Å²) in [6.07, 6.45) is -13.0. The molecule has 52 heavy (non-hydrogen) atoms. The summed E-state index contributed by atoms with van der Waals surface area (Å²) in [5.74, 6) is -4.32. The lowest BCUT2D eigenvalue weighted by molar-refractivity contribution is -0.292. The first-order chi connectivity index (χ1) is 24.6. The van der Waals surface area contributed by atoms with E-state index >= 15 is 0 Å². The molecule has 3 rings (SSSR count). The number of unbranched alkanes of at least 4 members (excludes halogenated alkanes) is 1. The Balaban J connectivity index is 1.44. The van der Waals surface area contributed by atoms with Crippen molar-refractivity contribution in [3.63, 3.8) is 0 Å². The SMILES string of the molecule is C[C@@H]1O[C@@H](OCCNC(=O)CC[C@H](CC(=O)CCCCC(=O)ON2C(=O)CCC2=O)C(=O)NCCO[C@@H]2O[C@@H](C)[C@@H](O)[C@@H](O)[C@@H]2O)[C@@H](O)[C@H](O)[C@@H]1O. The third-order valence-corrected chi connectivity index (χ3v) is 8.86. The molecule has 3 fully saturated rings. The number of aliphatic hydroxyl groups excluding tert-OH is 6. The van der Waals surface area contributed by atoms with E-state index in [2.05, 4.69) is 10.6 Å². The maximum atomic E-state index is 13.1. The number of amides is 4. The van der Waals surface area contributed by atoms with Crippen LogP contribution in [0.4, 0.5) is 0 Å². The Hall–Kier alpha value is -3.18. The molecule has 0 aliphatic carbocycles. The molecule has 0 saturated carbocycles. The fraction of sp³-hybridized carbons (Fsp3) is 0.812. The molecule has 0 radical (unpaired) electrons. The third kappa shape index (κ3) is 12.7. The van der Waals surface area contributed by atoms with E-state index < -0.39 is 96.9 Å². The van der Waals surface area contributed by atoms with Crippen LogP contribution in [0.5, 0.6) is 0 Å². The minimum atomic E-state index is -1.54. The van der Waals surface area contributed by atoms with Crippen molar-refractivity contribution in [3.8, 4) is 0 Å². The largest absolute Gasteiger partial charge is 0.388 e. The zero-order chi connectivity index (χ0) is 38.5. The zero-order valence-electron chi connectivity index (χ0n) is 29.2. The van der Waals surface area contributed by atoms with Gasteiger partial charge in [-0.1, -0.05) is 0 Å². The monoisotopic (exact) mass is 749 g/mol. The normalized spacial score (nSPS) is 31.3. The summed E-state index contributed by atoms with van der Waals surface area (Å²) in [5, 5.41) is 65.3. The molecule has 0 spiro atoms. The average molecular weight is 750 g/mol. The quantitative estimate of drug-likeness (QED) is 0.0441. The number of rotatable bonds is 20. The van der Waals surface area contributed by atoms with Gasteiger partial charge in [0.25, 0.3) is 11.8 Å². The van der Waals surface area contributed by atoms with E-state index in [4.69, 9.17) is 23.8 Å². The Bertz CT molecular complexity index is 1220. The third-order valence-electron chi connectivity index (χ3n) is 8.86. The molecule has 20 nitrogen and oxygen atoms in total. The molecule has 3 saturated heterocycles. The minimum Gasteiger partial charge on any atom is -0.388 e. The number of ketones is 1. The van der Waals surface area contributed by atoms with Crippen LogP contribution in [0.15, 0.2) is 0 Å². The van der Waals surface area contributed by atoms with Crippen LogP contribution < -0.4 is 10.6 Å². The van der Waals surface area contributed by atoms with Crippen molar-refractivity contribution in [1.82, 2.24) is 15.7 Å². The van der Waals surface area contributed by atoms with Gasteiger partial charge in [-0.15, -0.1) is 5.06 Å². The molecule has 3 heterocycles. The van der Waals surface area contributed by atoms with Gasteiger partial charge in [0.1, 0.15) is 42.4 Å². The number of carbonyl (C=O) groups is 6. The van der Waals surface area contributed by atoms with Crippen LogP contribution in [-0.2, 0) is 52.6 Å². The minimum absolute atomic E-state index is 0.00597. The van der Waals surface area contributed by atoms with E-state index in [9.17, 15) is 59.4 Å². The van der Waals surface area contributed by atoms with Gasteiger partial charge < -0.3 is 65.1 Å². The van der Waals surface area contributed by atoms with E-state index in [1.807, 2.05) is 0 Å². The lowest BCUT2D eigenvalue weighted by atomic mass is 9.93. The number of hydroxylamine groups is 2. The van der Waals surface area contributed by atoms with Crippen molar-refractivity contribution in [3.05, 3.63) is 0 Å². The number of nitrogens with zero attached hydrogens (tertiary/aromatic N) is 1. The molecule has 0 aromatic carbocycles. The first-order valence-electron chi connectivity index (χ1n) is 17.4. The average Bonchev–Trinajstić information content (AvgIpc) is 3.42. The van der Waals surface area contributed by atoms with Crippen molar-refractivity contribution in [2.24, 2.45) is 5.92 Å². The van der Waals surface area contributed by atoms with Gasteiger partial charge in [-0.05, 0) is 33.1 Å². The molecule has 11 atom stereocenters. The number of carbonyl (C=O) groups excluding carboxylic acids is 6. The first kappa shape index (κ1) is 43.2. The zero-order valence-corrected chi connectivity index (χ0v) is 29.2. The molecular formula is C32H51N3O17. The number of hydrogen-bond donors (Lipinski definition) is 8. The molecule has 4 amide bonds. The molecule has 3 aliphatic rings. The predicted octanol–water partition coefficient (Wildman–Crippen LogP) is -3.57. The van der Waals surface area contributed by atoms with Crippen LogP contribution in [0.3, 0.4) is 0 Å². The van der Waals surface area contributed by atoms with E-state index in [0.29, 0.717) is 5.06 Å². The maximum Gasteiger partial charge on any atom is 0.333 e. The Morgan fingerprint density at radius 2 is 1.23 bits per heavy atom. The van der Waals surface area contributed by atoms with E-state index in [1.165, 1.54) is 13.8 Å². The molecule has 0 bridgehead atoms. The highest BCUT2D eigenvalue weighted by Crippen LogP contribution is 2.23. The van der Waals surface area contributed by atoms with Crippen LogP contribution in [0, 0.1) is 5.92 Å². The fourth-order valence-electron chi connectivity index (χ4n) is 5.65. The summed E-state index contributed by atoms with van der Waals surface area (Å²) in [6, 6.07) is 0. The smallest absolute Gasteiger partial charge is 0.333 e. The molecule has 296 valence electrons. The van der Waals surface area contributed by atoms with Crippen molar-refractivity contribution < 1.29 is 83.2 Å². The van der Waals surface area contributed by atoms with Crippen molar-refractivity contribution in [1.29, 1.82) is 0 Å². The van der Waals surface area contributed by atoms with Gasteiger partial charge in [-0.3, -0.25) is 24.0 Å². The number of Topliss-reactive ketones (excluding diaryl/α,β-unsaturated/α-hetero) is 1. The van der Waals surface area contributed by atoms with Crippen molar-refractivity contribution in [2.45, 2.75) is 133 Å². The van der Waals surface area contributed by atoms with Gasteiger partial charge in [0, 0.05) is 57.5 Å². The molecule has 8 N–H and O–H groups in total. The first-order valence-corrected chi connectivity index (χ1v) is 17.4. The summed E-state index contributed by atoms with van der Waals surface area (Å²) < 4.78 is 21.5. The summed E-state index contributed by atoms with van der Waals surface area (Å²) in [6.45, 7) is 2.60. The Morgan fingerprint density at radius 3 is 1.77 bits per heavy atom. The van der Waals surface area contributed by atoms with Gasteiger partial charge in [0.05, 0.1) is 25.4 Å². The van der Waals surface area contributed by atoms with Gasteiger partial charge in [-0.2, -0.15) is 0 Å². The topological polar surface area (TPSA) is 297 Å². The van der Waals surface area contributed by atoms with E-state index in [1.54, 1.807) is 0 Å². The lowest BCUT2D eigenvalue weighted by Gasteiger charge is -2.38. The number of imide groups is 1.